The summed E-state index contributed by atoms with van der Waals surface area (Å²) in [5.74, 6) is 0. The van der Waals surface area contributed by atoms with Gasteiger partial charge in [0.25, 0.3) is 0 Å². The van der Waals surface area contributed by atoms with Gasteiger partial charge in [-0.25, -0.2) is 5.26 Å². The maximum Gasteiger partial charge on any atom is 0 e. The zero-order chi connectivity index (χ0) is 2.00. The van der Waals surface area contributed by atoms with Crippen LogP contribution in [0.3, 0.4) is 0 Å². The van der Waals surface area contributed by atoms with Gasteiger partial charge in [0.2, 0.25) is 0 Å². The van der Waals surface area contributed by atoms with Crippen LogP contribution in [0.2, 0.25) is 0 Å². The largest absolute Gasteiger partial charge is 0 e. The monoisotopic (exact) mass is 115 g/mol. The number of nitriles is 1. The molecule has 0 saturated heterocycles. The standard InChI is InChI=1S/CHN.Na.Zn.H/c1-2;;;/h1H;;;. The number of hydrogen-bond acceptors (Lipinski definition) is 1. The maximum atomic E-state index is 6.50. The van der Waals surface area contributed by atoms with Crippen LogP contribution in [0.5, 0.6) is 0 Å². The van der Waals surface area contributed by atoms with Crippen LogP contribution in [0, 0.1) is 11.8 Å². The molecule has 0 aliphatic carbocycles. The van der Waals surface area contributed by atoms with Crippen molar-refractivity contribution in [1.29, 1.82) is 5.26 Å². The van der Waals surface area contributed by atoms with Crippen molar-refractivity contribution >= 4 is 29.6 Å². The molecule has 1 nitrogen and oxygen atoms in total. The van der Waals surface area contributed by atoms with Crippen molar-refractivity contribution in [2.75, 3.05) is 0 Å². The van der Waals surface area contributed by atoms with E-state index in [1.807, 2.05) is 0 Å². The summed E-state index contributed by atoms with van der Waals surface area (Å²) in [6, 6.07) is 0. The van der Waals surface area contributed by atoms with Gasteiger partial charge in [-0.1, -0.05) is 0 Å². The van der Waals surface area contributed by atoms with Crippen molar-refractivity contribution in [3.8, 4) is 6.57 Å². The molecule has 0 fully saturated rings. The molecule has 0 N–H and O–H groups in total. The fourth-order valence-corrected chi connectivity index (χ4v) is 0. The Morgan fingerprint density at radius 2 is 1.25 bits per heavy atom. The number of rotatable bonds is 0. The molecule has 14 valence electrons. The Balaban J connectivity index is -0.00000000500. The molecule has 0 bridgehead atoms. The first-order valence-corrected chi connectivity index (χ1v) is 0.258. The second kappa shape index (κ2) is 32.2. The summed E-state index contributed by atoms with van der Waals surface area (Å²) in [5.41, 5.74) is 0. The molecule has 0 aromatic rings. The maximum absolute atomic E-state index is 6.50. The molecule has 0 aliphatic heterocycles. The Kier molecular flexibility index (Phi) is 156. The number of nitrogens with zero attached hydrogens (tertiary/aromatic N) is 1. The van der Waals surface area contributed by atoms with Crippen LogP contribution in [0.4, 0.5) is 0 Å². The van der Waals surface area contributed by atoms with Crippen LogP contribution in [0.1, 0.15) is 0 Å². The minimum absolute atomic E-state index is 0. The first kappa shape index (κ1) is 19.4. The normalized spacial score (nSPS) is 0.500. The van der Waals surface area contributed by atoms with Crippen molar-refractivity contribution in [1.82, 2.24) is 0 Å². The van der Waals surface area contributed by atoms with Crippen molar-refractivity contribution in [2.24, 2.45) is 0 Å². The van der Waals surface area contributed by atoms with E-state index in [2.05, 4.69) is 6.57 Å². The van der Waals surface area contributed by atoms with Crippen molar-refractivity contribution < 1.29 is 19.5 Å². The quantitative estimate of drug-likeness (QED) is 0.391. The molecule has 0 heterocycles. The predicted octanol–water partition coefficient (Wildman–Crippen LogP) is -0.511. The SMILES string of the molecule is C#N.[NaH].[Zn]. The first-order valence-electron chi connectivity index (χ1n) is 0.258. The Morgan fingerprint density at radius 1 is 1.25 bits per heavy atom. The van der Waals surface area contributed by atoms with Gasteiger partial charge in [0, 0.05) is 26.1 Å². The van der Waals surface area contributed by atoms with Crippen LogP contribution in [0.15, 0.2) is 0 Å². The van der Waals surface area contributed by atoms with Crippen molar-refractivity contribution in [2.45, 2.75) is 0 Å². The van der Waals surface area contributed by atoms with Gasteiger partial charge < -0.3 is 0 Å². The van der Waals surface area contributed by atoms with Gasteiger partial charge in [-0.2, -0.15) is 0 Å². The third-order valence-corrected chi connectivity index (χ3v) is 0. The molecule has 3 heteroatoms. The molecule has 0 aromatic carbocycles. The van der Waals surface area contributed by atoms with E-state index in [-0.39, 0.29) is 49.0 Å². The minimum atomic E-state index is 0. The molecular weight excluding hydrogens is 114 g/mol. The predicted molar refractivity (Wildman–Crippen MR) is 13.8 cm³/mol. The molecule has 0 spiro atoms. The van der Waals surface area contributed by atoms with Crippen molar-refractivity contribution in [3.63, 3.8) is 0 Å². The van der Waals surface area contributed by atoms with Crippen molar-refractivity contribution in [3.05, 3.63) is 0 Å². The topological polar surface area (TPSA) is 23.8 Å². The molecular formula is CH2NNaZn. The van der Waals surface area contributed by atoms with Gasteiger partial charge in [-0.15, -0.1) is 0 Å². The van der Waals surface area contributed by atoms with Crippen LogP contribution in [-0.4, -0.2) is 29.6 Å². The average molecular weight is 116 g/mol. The van der Waals surface area contributed by atoms with Crippen LogP contribution < -0.4 is 0 Å². The molecule has 0 aliphatic rings. The van der Waals surface area contributed by atoms with E-state index >= 15 is 0 Å². The van der Waals surface area contributed by atoms with E-state index in [4.69, 9.17) is 5.26 Å². The summed E-state index contributed by atoms with van der Waals surface area (Å²) < 4.78 is 0. The van der Waals surface area contributed by atoms with Gasteiger partial charge in [0.1, 0.15) is 0 Å². The zero-order valence-corrected chi connectivity index (χ0v) is 4.70. The van der Waals surface area contributed by atoms with E-state index < -0.39 is 0 Å². The molecule has 0 rings (SSSR count). The second-order valence-corrected chi connectivity index (χ2v) is 0. The average Bonchev–Trinajstić information content (AvgIpc) is 1.00. The fourth-order valence-electron chi connectivity index (χ4n) is 0. The summed E-state index contributed by atoms with van der Waals surface area (Å²) in [4.78, 5) is 0. The molecule has 0 radical (unpaired) electrons. The van der Waals surface area contributed by atoms with Crippen LogP contribution >= 0.6 is 0 Å². The van der Waals surface area contributed by atoms with Crippen LogP contribution in [0.25, 0.3) is 0 Å². The third-order valence-electron chi connectivity index (χ3n) is 0. The molecule has 0 unspecified atom stereocenters. The summed E-state index contributed by atoms with van der Waals surface area (Å²) >= 11 is 0. The van der Waals surface area contributed by atoms with Gasteiger partial charge in [-0.05, 0) is 0 Å². The van der Waals surface area contributed by atoms with Gasteiger partial charge in [0.15, 0.2) is 0 Å². The number of hydrogen-bond donors (Lipinski definition) is 0. The zero-order valence-electron chi connectivity index (χ0n) is 1.73. The summed E-state index contributed by atoms with van der Waals surface area (Å²) in [5, 5.41) is 6.50. The van der Waals surface area contributed by atoms with E-state index in [9.17, 15) is 0 Å². The molecule has 0 aromatic heterocycles. The van der Waals surface area contributed by atoms with Gasteiger partial charge in [-0.3, -0.25) is 0 Å². The Labute approximate surface area is 60.4 Å². The first-order chi connectivity index (χ1) is 1.00. The molecule has 0 saturated carbocycles. The van der Waals surface area contributed by atoms with Gasteiger partial charge in [0.05, 0.1) is 0 Å². The molecule has 4 heavy (non-hydrogen) atoms. The Morgan fingerprint density at radius 3 is 1.25 bits per heavy atom. The Hall–Kier alpha value is 1.11. The second-order valence-electron chi connectivity index (χ2n) is 0. The van der Waals surface area contributed by atoms with Gasteiger partial charge >= 0.3 is 29.6 Å². The third kappa shape index (κ3) is 11.2. The summed E-state index contributed by atoms with van der Waals surface area (Å²) in [7, 11) is 0. The minimum Gasteiger partial charge on any atom is 0 e. The van der Waals surface area contributed by atoms with Crippen LogP contribution in [-0.2, 0) is 19.5 Å². The smallest absolute Gasteiger partial charge is 0 e. The van der Waals surface area contributed by atoms with E-state index in [1.54, 1.807) is 0 Å². The summed E-state index contributed by atoms with van der Waals surface area (Å²) in [6.45, 7) is 3.50. The van der Waals surface area contributed by atoms with E-state index in [0.29, 0.717) is 0 Å². The summed E-state index contributed by atoms with van der Waals surface area (Å²) in [6.07, 6.45) is 0. The van der Waals surface area contributed by atoms with E-state index in [0.717, 1.165) is 0 Å². The van der Waals surface area contributed by atoms with E-state index in [1.165, 1.54) is 0 Å². The Bertz CT molecular complexity index is 12.8. The fraction of sp³-hybridized carbons (Fsp3) is 0. The molecule has 0 amide bonds. The molecule has 0 atom stereocenters.